The van der Waals surface area contributed by atoms with Gasteiger partial charge in [0.25, 0.3) is 5.56 Å². The van der Waals surface area contributed by atoms with Crippen LogP contribution < -0.4 is 5.56 Å². The van der Waals surface area contributed by atoms with E-state index in [-0.39, 0.29) is 29.9 Å². The smallest absolute Gasteiger partial charge is 0.262 e. The molecule has 5 rings (SSSR count). The van der Waals surface area contributed by atoms with Crippen molar-refractivity contribution in [1.82, 2.24) is 34.6 Å². The number of alkyl halides is 1. The number of aryl methyl sites for hydroxylation is 1. The van der Waals surface area contributed by atoms with Gasteiger partial charge in [-0.3, -0.25) is 19.7 Å². The van der Waals surface area contributed by atoms with Crippen molar-refractivity contribution >= 4 is 11.0 Å². The lowest BCUT2D eigenvalue weighted by Crippen LogP contribution is -2.34. The third-order valence-corrected chi connectivity index (χ3v) is 6.38. The third-order valence-electron chi connectivity index (χ3n) is 6.38. The maximum absolute atomic E-state index is 16.3. The van der Waals surface area contributed by atoms with E-state index in [0.717, 1.165) is 24.2 Å². The predicted octanol–water partition coefficient (Wildman–Crippen LogP) is 1.89. The van der Waals surface area contributed by atoms with Gasteiger partial charge in [0.2, 0.25) is 0 Å². The van der Waals surface area contributed by atoms with Crippen LogP contribution in [0.15, 0.2) is 23.4 Å². The summed E-state index contributed by atoms with van der Waals surface area (Å²) in [6, 6.07) is 0.0987. The summed E-state index contributed by atoms with van der Waals surface area (Å²) in [4.78, 5) is 30.7. The molecule has 2 aliphatic heterocycles. The van der Waals surface area contributed by atoms with E-state index in [1.165, 1.54) is 6.20 Å². The number of aromatic amines is 1. The van der Waals surface area contributed by atoms with Gasteiger partial charge in [0.15, 0.2) is 17.1 Å². The number of H-pyrrole nitrogens is 1. The van der Waals surface area contributed by atoms with Gasteiger partial charge in [-0.15, -0.1) is 0 Å². The van der Waals surface area contributed by atoms with Gasteiger partial charge in [0.1, 0.15) is 5.39 Å². The summed E-state index contributed by atoms with van der Waals surface area (Å²) in [6.45, 7) is 6.17. The number of rotatable bonds is 4. The van der Waals surface area contributed by atoms with E-state index in [1.807, 2.05) is 18.7 Å². The molecule has 0 aromatic carbocycles. The molecule has 10 heteroatoms. The van der Waals surface area contributed by atoms with Crippen LogP contribution in [0.4, 0.5) is 4.39 Å². The minimum atomic E-state index is -1.77. The Kier molecular flexibility index (Phi) is 5.05. The van der Waals surface area contributed by atoms with Gasteiger partial charge in [-0.1, -0.05) is 6.92 Å². The number of nitrogens with zero attached hydrogens (tertiary/aromatic N) is 6. The molecule has 3 aromatic heterocycles. The monoisotopic (exact) mass is 427 g/mol. The first-order chi connectivity index (χ1) is 14.9. The summed E-state index contributed by atoms with van der Waals surface area (Å²) in [5.41, 5.74) is -0.0507. The fourth-order valence-corrected chi connectivity index (χ4v) is 4.57. The fourth-order valence-electron chi connectivity index (χ4n) is 4.57. The van der Waals surface area contributed by atoms with Gasteiger partial charge in [-0.05, 0) is 19.8 Å². The van der Waals surface area contributed by atoms with E-state index in [0.29, 0.717) is 37.3 Å². The highest BCUT2D eigenvalue weighted by atomic mass is 19.1. The molecule has 3 aromatic rings. The zero-order valence-corrected chi connectivity index (χ0v) is 17.7. The van der Waals surface area contributed by atoms with Crippen molar-refractivity contribution in [3.8, 4) is 0 Å². The van der Waals surface area contributed by atoms with Crippen molar-refractivity contribution in [3.63, 3.8) is 0 Å². The van der Waals surface area contributed by atoms with Crippen LogP contribution in [0.2, 0.25) is 0 Å². The molecule has 31 heavy (non-hydrogen) atoms. The van der Waals surface area contributed by atoms with Crippen molar-refractivity contribution in [2.45, 2.75) is 44.9 Å². The Balaban J connectivity index is 1.46. The quantitative estimate of drug-likeness (QED) is 0.678. The standard InChI is InChI=1S/C21H26FN7O2/c1-13-10-28(11-15-8-23-14(2)7-24-15)12-21(13,22)20-26-18-17(19(30)27-20)9-25-29(18)16-3-5-31-6-4-16/h7-9,13,16H,3-6,10-12H2,1-2H3,(H,26,27,30)/t13-,21+/m1/s1. The molecule has 2 aliphatic rings. The molecule has 0 radical (unpaired) electrons. The van der Waals surface area contributed by atoms with Crippen LogP contribution >= 0.6 is 0 Å². The average Bonchev–Trinajstić information content (AvgIpc) is 3.32. The highest BCUT2D eigenvalue weighted by molar-refractivity contribution is 5.73. The Bertz CT molecular complexity index is 1140. The molecule has 0 bridgehead atoms. The number of aromatic nitrogens is 6. The van der Waals surface area contributed by atoms with E-state index < -0.39 is 5.67 Å². The number of halogens is 1. The molecular weight excluding hydrogens is 401 g/mol. The number of nitrogens with one attached hydrogen (secondary N) is 1. The maximum atomic E-state index is 16.3. The van der Waals surface area contributed by atoms with Crippen LogP contribution in [0.3, 0.4) is 0 Å². The Morgan fingerprint density at radius 2 is 2.06 bits per heavy atom. The lowest BCUT2D eigenvalue weighted by Gasteiger charge is -2.24. The Labute approximate surface area is 178 Å². The molecule has 164 valence electrons. The van der Waals surface area contributed by atoms with Crippen LogP contribution in [-0.2, 0) is 17.0 Å². The van der Waals surface area contributed by atoms with Gasteiger partial charge in [-0.2, -0.15) is 5.10 Å². The van der Waals surface area contributed by atoms with Crippen molar-refractivity contribution in [3.05, 3.63) is 46.2 Å². The van der Waals surface area contributed by atoms with Crippen LogP contribution in [0.1, 0.15) is 43.0 Å². The van der Waals surface area contributed by atoms with Gasteiger partial charge >= 0.3 is 0 Å². The predicted molar refractivity (Wildman–Crippen MR) is 111 cm³/mol. The first-order valence-corrected chi connectivity index (χ1v) is 10.7. The Hall–Kier alpha value is -2.72. The van der Waals surface area contributed by atoms with Crippen molar-refractivity contribution < 1.29 is 9.13 Å². The first-order valence-electron chi connectivity index (χ1n) is 10.7. The molecule has 9 nitrogen and oxygen atoms in total. The molecule has 0 unspecified atom stereocenters. The highest BCUT2D eigenvalue weighted by Crippen LogP contribution is 2.39. The molecule has 1 N–H and O–H groups in total. The number of hydrogen-bond acceptors (Lipinski definition) is 7. The third kappa shape index (κ3) is 3.63. The zero-order chi connectivity index (χ0) is 21.6. The van der Waals surface area contributed by atoms with Gasteiger partial charge in [-0.25, -0.2) is 14.1 Å². The molecule has 0 saturated carbocycles. The van der Waals surface area contributed by atoms with Crippen molar-refractivity contribution in [1.29, 1.82) is 0 Å². The summed E-state index contributed by atoms with van der Waals surface area (Å²) >= 11 is 0. The summed E-state index contributed by atoms with van der Waals surface area (Å²) < 4.78 is 23.5. The lowest BCUT2D eigenvalue weighted by atomic mass is 9.93. The SMILES string of the molecule is Cc1cnc(CN2C[C@@H](C)[C@](F)(c3nc4c(cnn4C4CCOCC4)c(=O)[nH]3)C2)cn1. The lowest BCUT2D eigenvalue weighted by molar-refractivity contribution is 0.0672. The Morgan fingerprint density at radius 3 is 2.81 bits per heavy atom. The van der Waals surface area contributed by atoms with E-state index in [1.54, 1.807) is 17.1 Å². The van der Waals surface area contributed by atoms with Crippen LogP contribution in [0.5, 0.6) is 0 Å². The second-order valence-electron chi connectivity index (χ2n) is 8.67. The summed E-state index contributed by atoms with van der Waals surface area (Å²) in [5.74, 6) is -0.269. The number of likely N-dealkylation sites (tertiary alicyclic amines) is 1. The first kappa shape index (κ1) is 20.2. The number of fused-ring (bicyclic) bond motifs is 1. The molecule has 5 heterocycles. The van der Waals surface area contributed by atoms with Crippen molar-refractivity contribution in [2.75, 3.05) is 26.3 Å². The van der Waals surface area contributed by atoms with E-state index in [4.69, 9.17) is 4.74 Å². The van der Waals surface area contributed by atoms with Gasteiger partial charge < -0.3 is 9.72 Å². The zero-order valence-electron chi connectivity index (χ0n) is 17.7. The van der Waals surface area contributed by atoms with Crippen LogP contribution in [0, 0.1) is 12.8 Å². The van der Waals surface area contributed by atoms with Crippen molar-refractivity contribution in [2.24, 2.45) is 5.92 Å². The Morgan fingerprint density at radius 1 is 1.26 bits per heavy atom. The molecule has 0 spiro atoms. The fraction of sp³-hybridized carbons (Fsp3) is 0.571. The van der Waals surface area contributed by atoms with Gasteiger partial charge in [0, 0.05) is 51.2 Å². The summed E-state index contributed by atoms with van der Waals surface area (Å²) in [6.07, 6.45) is 6.54. The summed E-state index contributed by atoms with van der Waals surface area (Å²) in [7, 11) is 0. The van der Waals surface area contributed by atoms with E-state index in [9.17, 15) is 4.79 Å². The minimum absolute atomic E-state index is 0.0730. The minimum Gasteiger partial charge on any atom is -0.381 e. The molecule has 2 fully saturated rings. The molecule has 0 amide bonds. The second kappa shape index (κ2) is 7.76. The molecule has 2 saturated heterocycles. The van der Waals surface area contributed by atoms with Crippen LogP contribution in [-0.4, -0.2) is 60.9 Å². The van der Waals surface area contributed by atoms with E-state index in [2.05, 4.69) is 25.0 Å². The summed E-state index contributed by atoms with van der Waals surface area (Å²) in [5, 5.41) is 4.78. The average molecular weight is 427 g/mol. The molecule has 2 atom stereocenters. The van der Waals surface area contributed by atoms with Gasteiger partial charge in [0.05, 0.1) is 23.6 Å². The largest absolute Gasteiger partial charge is 0.381 e. The topological polar surface area (TPSA) is 102 Å². The highest BCUT2D eigenvalue weighted by Gasteiger charge is 2.48. The van der Waals surface area contributed by atoms with E-state index >= 15 is 4.39 Å². The van der Waals surface area contributed by atoms with Crippen LogP contribution in [0.25, 0.3) is 11.0 Å². The maximum Gasteiger partial charge on any atom is 0.262 e. The normalized spacial score (nSPS) is 25.5. The number of hydrogen-bond donors (Lipinski definition) is 1. The number of ether oxygens (including phenoxy) is 1. The molecule has 0 aliphatic carbocycles. The second-order valence-corrected chi connectivity index (χ2v) is 8.67. The molecular formula is C21H26FN7O2.